The third kappa shape index (κ3) is 5.58. The van der Waals surface area contributed by atoms with Crippen LogP contribution in [0.5, 0.6) is 0 Å². The second-order valence-corrected chi connectivity index (χ2v) is 13.2. The van der Waals surface area contributed by atoms with Gasteiger partial charge in [0.2, 0.25) is 0 Å². The lowest BCUT2D eigenvalue weighted by atomic mass is 9.72. The van der Waals surface area contributed by atoms with Crippen molar-refractivity contribution in [3.63, 3.8) is 0 Å². The molecule has 244 valence electrons. The number of rotatable bonds is 6. The summed E-state index contributed by atoms with van der Waals surface area (Å²) >= 11 is 0. The third-order valence-corrected chi connectivity index (χ3v) is 10.1. The van der Waals surface area contributed by atoms with E-state index in [1.54, 1.807) is 0 Å². The predicted molar refractivity (Wildman–Crippen MR) is 217 cm³/mol. The van der Waals surface area contributed by atoms with Crippen molar-refractivity contribution in [3.8, 4) is 45.2 Å². The minimum Gasteiger partial charge on any atom is -0.310 e. The molecule has 0 heterocycles. The topological polar surface area (TPSA) is 3.24 Å². The normalized spacial score (nSPS) is 14.1. The highest BCUT2D eigenvalue weighted by atomic mass is 15.1. The molecule has 0 bridgehead atoms. The lowest BCUT2D eigenvalue weighted by Crippen LogP contribution is -2.25. The Hall–Kier alpha value is -6.88. The molecule has 1 heteroatoms. The molecule has 1 unspecified atom stereocenters. The number of fused-ring (bicyclic) bond motifs is 3. The van der Waals surface area contributed by atoms with E-state index in [0.29, 0.717) is 0 Å². The second kappa shape index (κ2) is 13.4. The summed E-state index contributed by atoms with van der Waals surface area (Å²) in [6, 6.07) is 75.7. The molecule has 0 radical (unpaired) electrons. The first kappa shape index (κ1) is 31.1. The van der Waals surface area contributed by atoms with Gasteiger partial charge in [-0.15, -0.1) is 0 Å². The average molecular weight is 662 g/mol. The van der Waals surface area contributed by atoms with Crippen molar-refractivity contribution in [3.05, 3.63) is 235 Å². The van der Waals surface area contributed by atoms with Crippen molar-refractivity contribution < 1.29 is 0 Å². The van der Waals surface area contributed by atoms with Crippen LogP contribution in [0.15, 0.2) is 212 Å². The van der Waals surface area contributed by atoms with E-state index in [1.165, 1.54) is 44.5 Å². The molecule has 8 aromatic carbocycles. The van der Waals surface area contributed by atoms with Crippen LogP contribution < -0.4 is 4.90 Å². The Morgan fingerprint density at radius 1 is 0.346 bits per heavy atom. The van der Waals surface area contributed by atoms with Gasteiger partial charge in [0.25, 0.3) is 0 Å². The minimum absolute atomic E-state index is 0.668. The van der Waals surface area contributed by atoms with Gasteiger partial charge in [-0.05, 0) is 98.6 Å². The van der Waals surface area contributed by atoms with E-state index >= 15 is 0 Å². The van der Waals surface area contributed by atoms with E-state index in [0.717, 1.165) is 28.2 Å². The van der Waals surface area contributed by atoms with E-state index in [1.807, 2.05) is 6.07 Å². The van der Waals surface area contributed by atoms with Crippen molar-refractivity contribution in [2.75, 3.05) is 4.90 Å². The summed E-state index contributed by atoms with van der Waals surface area (Å²) < 4.78 is 0. The molecule has 0 aliphatic heterocycles. The van der Waals surface area contributed by atoms with Gasteiger partial charge in [0.1, 0.15) is 5.41 Å². The lowest BCUT2D eigenvalue weighted by molar-refractivity contribution is 0.837. The van der Waals surface area contributed by atoms with E-state index in [9.17, 15) is 0 Å². The maximum absolute atomic E-state index is 3.87. The van der Waals surface area contributed by atoms with Gasteiger partial charge < -0.3 is 4.90 Å². The Morgan fingerprint density at radius 2 is 0.788 bits per heavy atom. The van der Waals surface area contributed by atoms with Crippen LogP contribution in [0, 0.1) is 11.8 Å². The zero-order chi connectivity index (χ0) is 34.7. The van der Waals surface area contributed by atoms with Gasteiger partial charge >= 0.3 is 0 Å². The Kier molecular flexibility index (Phi) is 8.05. The fourth-order valence-corrected chi connectivity index (χ4v) is 7.61. The summed E-state index contributed by atoms with van der Waals surface area (Å²) in [5.74, 6) is 7.47. The summed E-state index contributed by atoms with van der Waals surface area (Å²) in [5.41, 5.74) is 14.4. The van der Waals surface area contributed by atoms with Gasteiger partial charge in [0, 0.05) is 22.6 Å². The summed E-state index contributed by atoms with van der Waals surface area (Å²) in [4.78, 5) is 2.37. The zero-order valence-electron chi connectivity index (χ0n) is 28.7. The molecule has 0 spiro atoms. The standard InChI is InChI=1S/C51H35N/c1-5-15-38(16-6-1)35-36-51(43-21-11-4-12-22-43)49-24-14-13-23-47(49)48-34-33-46(37-50(48)51)52(44-29-25-41(26-30-44)39-17-7-2-8-18-39)45-31-27-42(28-32-45)40-19-9-3-10-20-40/h1-34,37H. The van der Waals surface area contributed by atoms with Crippen molar-refractivity contribution >= 4 is 17.1 Å². The monoisotopic (exact) mass is 661 g/mol. The van der Waals surface area contributed by atoms with Crippen LogP contribution in [0.4, 0.5) is 17.1 Å². The molecule has 9 rings (SSSR count). The van der Waals surface area contributed by atoms with Gasteiger partial charge in [-0.1, -0.05) is 176 Å². The van der Waals surface area contributed by atoms with Crippen LogP contribution >= 0.6 is 0 Å². The second-order valence-electron chi connectivity index (χ2n) is 13.2. The molecule has 0 N–H and O–H groups in total. The number of hydrogen-bond donors (Lipinski definition) is 0. The third-order valence-electron chi connectivity index (χ3n) is 10.1. The van der Waals surface area contributed by atoms with Crippen molar-refractivity contribution in [1.29, 1.82) is 0 Å². The molecule has 1 nitrogen and oxygen atoms in total. The van der Waals surface area contributed by atoms with Gasteiger partial charge in [-0.3, -0.25) is 0 Å². The van der Waals surface area contributed by atoms with Gasteiger partial charge in [-0.2, -0.15) is 0 Å². The molecule has 8 aromatic rings. The molecule has 1 atom stereocenters. The summed E-state index contributed by atoms with van der Waals surface area (Å²) in [5, 5.41) is 0. The van der Waals surface area contributed by atoms with E-state index in [-0.39, 0.29) is 0 Å². The first-order chi connectivity index (χ1) is 25.8. The zero-order valence-corrected chi connectivity index (χ0v) is 28.7. The van der Waals surface area contributed by atoms with Crippen LogP contribution in [0.1, 0.15) is 22.3 Å². The van der Waals surface area contributed by atoms with Gasteiger partial charge in [-0.25, -0.2) is 0 Å². The molecule has 0 saturated carbocycles. The Bertz CT molecular complexity index is 2450. The van der Waals surface area contributed by atoms with E-state index in [4.69, 9.17) is 0 Å². The molecule has 1 aliphatic carbocycles. The molecule has 52 heavy (non-hydrogen) atoms. The minimum atomic E-state index is -0.668. The van der Waals surface area contributed by atoms with Crippen LogP contribution in [-0.2, 0) is 5.41 Å². The molecule has 1 aliphatic rings. The highest BCUT2D eigenvalue weighted by Crippen LogP contribution is 2.54. The van der Waals surface area contributed by atoms with Crippen molar-refractivity contribution in [2.45, 2.75) is 5.41 Å². The molecule has 0 aromatic heterocycles. The van der Waals surface area contributed by atoms with Crippen LogP contribution in [-0.4, -0.2) is 0 Å². The van der Waals surface area contributed by atoms with Crippen LogP contribution in [0.3, 0.4) is 0 Å². The first-order valence-corrected chi connectivity index (χ1v) is 17.8. The van der Waals surface area contributed by atoms with Gasteiger partial charge in [0.05, 0.1) is 0 Å². The highest BCUT2D eigenvalue weighted by Gasteiger charge is 2.44. The SMILES string of the molecule is C(#CC1(c2ccccc2)c2ccccc2-c2ccc(N(c3ccc(-c4ccccc4)cc3)c3ccc(-c4ccccc4)cc3)cc21)c1ccccc1. The quantitative estimate of drug-likeness (QED) is 0.160. The fourth-order valence-electron chi connectivity index (χ4n) is 7.61. The van der Waals surface area contributed by atoms with Crippen LogP contribution in [0.2, 0.25) is 0 Å². The number of benzene rings is 8. The van der Waals surface area contributed by atoms with Crippen molar-refractivity contribution in [2.24, 2.45) is 0 Å². The first-order valence-electron chi connectivity index (χ1n) is 17.8. The van der Waals surface area contributed by atoms with Crippen molar-refractivity contribution in [1.82, 2.24) is 0 Å². The van der Waals surface area contributed by atoms with E-state index < -0.39 is 5.41 Å². The summed E-state index contributed by atoms with van der Waals surface area (Å²) in [7, 11) is 0. The molecule has 0 fully saturated rings. The number of nitrogens with zero attached hydrogens (tertiary/aromatic N) is 1. The molecule has 0 amide bonds. The fraction of sp³-hybridized carbons (Fsp3) is 0.0196. The largest absolute Gasteiger partial charge is 0.310 e. The molecular formula is C51H35N. The summed E-state index contributed by atoms with van der Waals surface area (Å²) in [6.45, 7) is 0. The van der Waals surface area contributed by atoms with Crippen LogP contribution in [0.25, 0.3) is 33.4 Å². The molecule has 0 saturated heterocycles. The average Bonchev–Trinajstić information content (AvgIpc) is 3.52. The van der Waals surface area contributed by atoms with E-state index in [2.05, 4.69) is 223 Å². The lowest BCUT2D eigenvalue weighted by Gasteiger charge is -2.30. The van der Waals surface area contributed by atoms with Gasteiger partial charge in [0.15, 0.2) is 0 Å². The smallest absolute Gasteiger partial charge is 0.108 e. The Morgan fingerprint density at radius 3 is 1.37 bits per heavy atom. The summed E-state index contributed by atoms with van der Waals surface area (Å²) in [6.07, 6.45) is 0. The number of hydrogen-bond acceptors (Lipinski definition) is 1. The predicted octanol–water partition coefficient (Wildman–Crippen LogP) is 12.9. The Balaban J connectivity index is 1.24. The maximum Gasteiger partial charge on any atom is 0.108 e. The maximum atomic E-state index is 3.87. The Labute approximate surface area is 306 Å². The number of anilines is 3. The highest BCUT2D eigenvalue weighted by molar-refractivity contribution is 5.90. The molecular weight excluding hydrogens is 627 g/mol.